The standard InChI is InChI=1S/C12H15F3N2O/c1-8(2)17(7-12(13,14)15)11-10(9(3)18)5-4-6-16-11/h4-6,8H,7H2,1-3H3. The first-order valence-corrected chi connectivity index (χ1v) is 5.51. The van der Waals surface area contributed by atoms with E-state index < -0.39 is 18.8 Å². The molecule has 0 saturated carbocycles. The normalized spacial score (nSPS) is 11.7. The fourth-order valence-electron chi connectivity index (χ4n) is 1.60. The van der Waals surface area contributed by atoms with Crippen LogP contribution in [-0.4, -0.2) is 29.5 Å². The molecule has 6 heteroatoms. The Bertz CT molecular complexity index is 430. The van der Waals surface area contributed by atoms with E-state index in [0.29, 0.717) is 0 Å². The molecule has 1 aromatic rings. The molecule has 0 amide bonds. The Hall–Kier alpha value is -1.59. The van der Waals surface area contributed by atoms with Crippen LogP contribution in [0.5, 0.6) is 0 Å². The lowest BCUT2D eigenvalue weighted by molar-refractivity contribution is -0.120. The third-order valence-electron chi connectivity index (χ3n) is 2.41. The van der Waals surface area contributed by atoms with E-state index in [2.05, 4.69) is 4.98 Å². The molecule has 0 saturated heterocycles. The van der Waals surface area contributed by atoms with Crippen molar-refractivity contribution < 1.29 is 18.0 Å². The topological polar surface area (TPSA) is 33.2 Å². The predicted octanol–water partition coefficient (Wildman–Crippen LogP) is 3.06. The van der Waals surface area contributed by atoms with E-state index in [9.17, 15) is 18.0 Å². The highest BCUT2D eigenvalue weighted by Gasteiger charge is 2.33. The summed E-state index contributed by atoms with van der Waals surface area (Å²) in [6.45, 7) is 3.45. The van der Waals surface area contributed by atoms with Gasteiger partial charge in [-0.25, -0.2) is 4.98 Å². The van der Waals surface area contributed by atoms with Crippen molar-refractivity contribution in [3.05, 3.63) is 23.9 Å². The first kappa shape index (κ1) is 14.5. The van der Waals surface area contributed by atoms with Crippen LogP contribution in [-0.2, 0) is 0 Å². The van der Waals surface area contributed by atoms with Gasteiger partial charge >= 0.3 is 6.18 Å². The average molecular weight is 260 g/mol. The maximum atomic E-state index is 12.5. The van der Waals surface area contributed by atoms with E-state index in [-0.39, 0.29) is 17.2 Å². The third kappa shape index (κ3) is 3.72. The van der Waals surface area contributed by atoms with Gasteiger partial charge in [0.1, 0.15) is 12.4 Å². The summed E-state index contributed by atoms with van der Waals surface area (Å²) < 4.78 is 37.6. The van der Waals surface area contributed by atoms with Gasteiger partial charge in [0.05, 0.1) is 5.56 Å². The minimum Gasteiger partial charge on any atom is -0.344 e. The smallest absolute Gasteiger partial charge is 0.344 e. The van der Waals surface area contributed by atoms with E-state index in [1.807, 2.05) is 0 Å². The van der Waals surface area contributed by atoms with Gasteiger partial charge in [-0.1, -0.05) is 0 Å². The number of carbonyl (C=O) groups excluding carboxylic acids is 1. The van der Waals surface area contributed by atoms with Crippen molar-refractivity contribution in [3.63, 3.8) is 0 Å². The van der Waals surface area contributed by atoms with Gasteiger partial charge in [-0.3, -0.25) is 4.79 Å². The Morgan fingerprint density at radius 1 is 1.44 bits per heavy atom. The van der Waals surface area contributed by atoms with Crippen LogP contribution in [0, 0.1) is 0 Å². The number of hydrogen-bond acceptors (Lipinski definition) is 3. The summed E-state index contributed by atoms with van der Waals surface area (Å²) in [5.41, 5.74) is 0.204. The molecule has 3 nitrogen and oxygen atoms in total. The number of nitrogens with zero attached hydrogens (tertiary/aromatic N) is 2. The van der Waals surface area contributed by atoms with Gasteiger partial charge in [-0.15, -0.1) is 0 Å². The first-order chi connectivity index (χ1) is 8.22. The van der Waals surface area contributed by atoms with E-state index in [4.69, 9.17) is 0 Å². The summed E-state index contributed by atoms with van der Waals surface area (Å²) in [4.78, 5) is 16.4. The van der Waals surface area contributed by atoms with E-state index in [0.717, 1.165) is 4.90 Å². The summed E-state index contributed by atoms with van der Waals surface area (Å²) in [5, 5.41) is 0. The Kier molecular flexibility index (Phi) is 4.32. The summed E-state index contributed by atoms with van der Waals surface area (Å²) in [5.74, 6) is -0.219. The maximum Gasteiger partial charge on any atom is 0.405 e. The van der Waals surface area contributed by atoms with Gasteiger partial charge in [0.15, 0.2) is 5.78 Å². The van der Waals surface area contributed by atoms with Gasteiger partial charge in [0, 0.05) is 12.2 Å². The monoisotopic (exact) mass is 260 g/mol. The predicted molar refractivity (Wildman–Crippen MR) is 62.8 cm³/mol. The number of pyridine rings is 1. The van der Waals surface area contributed by atoms with Crippen molar-refractivity contribution in [1.82, 2.24) is 4.98 Å². The summed E-state index contributed by atoms with van der Waals surface area (Å²) >= 11 is 0. The highest BCUT2D eigenvalue weighted by Crippen LogP contribution is 2.25. The number of aromatic nitrogens is 1. The van der Waals surface area contributed by atoms with Crippen molar-refractivity contribution in [2.24, 2.45) is 0 Å². The average Bonchev–Trinajstić information content (AvgIpc) is 2.24. The second-order valence-electron chi connectivity index (χ2n) is 4.27. The highest BCUT2D eigenvalue weighted by atomic mass is 19.4. The molecule has 0 atom stereocenters. The number of hydrogen-bond donors (Lipinski definition) is 0. The second kappa shape index (κ2) is 5.37. The zero-order valence-electron chi connectivity index (χ0n) is 10.5. The Balaban J connectivity index is 3.18. The van der Waals surface area contributed by atoms with Crippen molar-refractivity contribution >= 4 is 11.6 Å². The lowest BCUT2D eigenvalue weighted by atomic mass is 10.1. The molecule has 0 bridgehead atoms. The number of rotatable bonds is 4. The summed E-state index contributed by atoms with van der Waals surface area (Å²) in [6.07, 6.45) is -2.95. The minimum absolute atomic E-state index is 0.0809. The molecular weight excluding hydrogens is 245 g/mol. The fourth-order valence-corrected chi connectivity index (χ4v) is 1.60. The van der Waals surface area contributed by atoms with Crippen LogP contribution in [0.2, 0.25) is 0 Å². The molecule has 1 rings (SSSR count). The fraction of sp³-hybridized carbons (Fsp3) is 0.500. The molecule has 0 aliphatic carbocycles. The summed E-state index contributed by atoms with van der Waals surface area (Å²) in [7, 11) is 0. The van der Waals surface area contributed by atoms with E-state index in [1.54, 1.807) is 13.8 Å². The molecule has 0 aliphatic heterocycles. The molecule has 18 heavy (non-hydrogen) atoms. The van der Waals surface area contributed by atoms with Crippen molar-refractivity contribution in [3.8, 4) is 0 Å². The van der Waals surface area contributed by atoms with Gasteiger partial charge < -0.3 is 4.90 Å². The van der Waals surface area contributed by atoms with E-state index in [1.165, 1.54) is 25.3 Å². The van der Waals surface area contributed by atoms with Crippen LogP contribution in [0.3, 0.4) is 0 Å². The Morgan fingerprint density at radius 3 is 2.50 bits per heavy atom. The van der Waals surface area contributed by atoms with E-state index >= 15 is 0 Å². The maximum absolute atomic E-state index is 12.5. The zero-order valence-corrected chi connectivity index (χ0v) is 10.5. The van der Waals surface area contributed by atoms with Crippen LogP contribution in [0.25, 0.3) is 0 Å². The molecular formula is C12H15F3N2O. The first-order valence-electron chi connectivity index (χ1n) is 5.51. The highest BCUT2D eigenvalue weighted by molar-refractivity contribution is 5.98. The van der Waals surface area contributed by atoms with Crippen LogP contribution in [0.15, 0.2) is 18.3 Å². The molecule has 0 N–H and O–H groups in total. The number of carbonyl (C=O) groups is 1. The zero-order chi connectivity index (χ0) is 13.9. The van der Waals surface area contributed by atoms with Gasteiger partial charge in [-0.2, -0.15) is 13.2 Å². The largest absolute Gasteiger partial charge is 0.405 e. The molecule has 0 unspecified atom stereocenters. The number of Topliss-reactive ketones (excluding diaryl/α,β-unsaturated/α-hetero) is 1. The molecule has 1 aromatic heterocycles. The minimum atomic E-state index is -4.34. The van der Waals surface area contributed by atoms with Crippen LogP contribution >= 0.6 is 0 Å². The molecule has 0 fully saturated rings. The van der Waals surface area contributed by atoms with Gasteiger partial charge in [-0.05, 0) is 32.9 Å². The molecule has 1 heterocycles. The Morgan fingerprint density at radius 2 is 2.06 bits per heavy atom. The quantitative estimate of drug-likeness (QED) is 0.780. The number of anilines is 1. The number of ketones is 1. The molecule has 0 aliphatic rings. The Labute approximate surface area is 104 Å². The molecule has 0 radical (unpaired) electrons. The number of halogens is 3. The van der Waals surface area contributed by atoms with Crippen LogP contribution < -0.4 is 4.90 Å². The van der Waals surface area contributed by atoms with Crippen LogP contribution in [0.1, 0.15) is 31.1 Å². The van der Waals surface area contributed by atoms with Crippen molar-refractivity contribution in [2.45, 2.75) is 33.0 Å². The summed E-state index contributed by atoms with van der Waals surface area (Å²) in [6, 6.07) is 2.61. The van der Waals surface area contributed by atoms with Gasteiger partial charge in [0.25, 0.3) is 0 Å². The molecule has 0 aromatic carbocycles. The lowest BCUT2D eigenvalue weighted by Gasteiger charge is -2.29. The second-order valence-corrected chi connectivity index (χ2v) is 4.27. The number of alkyl halides is 3. The molecule has 100 valence electrons. The lowest BCUT2D eigenvalue weighted by Crippen LogP contribution is -2.40. The van der Waals surface area contributed by atoms with Crippen molar-refractivity contribution in [2.75, 3.05) is 11.4 Å². The van der Waals surface area contributed by atoms with Gasteiger partial charge in [0.2, 0.25) is 0 Å². The molecule has 0 spiro atoms. The van der Waals surface area contributed by atoms with Crippen molar-refractivity contribution in [1.29, 1.82) is 0 Å². The third-order valence-corrected chi connectivity index (χ3v) is 2.41. The SMILES string of the molecule is CC(=O)c1cccnc1N(CC(F)(F)F)C(C)C. The van der Waals surface area contributed by atoms with Crippen LogP contribution in [0.4, 0.5) is 19.0 Å².